The highest BCUT2D eigenvalue weighted by Crippen LogP contribution is 2.08. The first-order chi connectivity index (χ1) is 6.61. The van der Waals surface area contributed by atoms with Gasteiger partial charge in [-0.1, -0.05) is 13.3 Å². The second-order valence-corrected chi connectivity index (χ2v) is 3.84. The second-order valence-electron chi connectivity index (χ2n) is 2.67. The van der Waals surface area contributed by atoms with E-state index in [4.69, 9.17) is 33.0 Å². The van der Waals surface area contributed by atoms with Gasteiger partial charge in [0.25, 0.3) is 0 Å². The van der Waals surface area contributed by atoms with Gasteiger partial charge in [-0.25, -0.2) is 4.79 Å². The van der Waals surface area contributed by atoms with Crippen LogP contribution >= 0.6 is 23.2 Å². The molecule has 0 fully saturated rings. The molecule has 0 rings (SSSR count). The molecule has 1 N–H and O–H groups in total. The molecular formula is C9H14Cl2O3. The van der Waals surface area contributed by atoms with Crippen LogP contribution in [0.5, 0.6) is 0 Å². The van der Waals surface area contributed by atoms with Crippen molar-refractivity contribution in [2.24, 2.45) is 0 Å². The first-order valence-electron chi connectivity index (χ1n) is 4.38. The molecule has 0 unspecified atom stereocenters. The van der Waals surface area contributed by atoms with Crippen molar-refractivity contribution < 1.29 is 14.6 Å². The molecule has 0 aromatic heterocycles. The molecule has 14 heavy (non-hydrogen) atoms. The first-order valence-corrected chi connectivity index (χ1v) is 5.26. The highest BCUT2D eigenvalue weighted by atomic mass is 35.5. The van der Waals surface area contributed by atoms with Gasteiger partial charge in [-0.15, -0.1) is 23.2 Å². The van der Waals surface area contributed by atoms with E-state index >= 15 is 0 Å². The molecule has 3 nitrogen and oxygen atoms in total. The molecular weight excluding hydrogens is 227 g/mol. The Morgan fingerprint density at radius 3 is 2.64 bits per heavy atom. The number of rotatable bonds is 6. The average molecular weight is 241 g/mol. The summed E-state index contributed by atoms with van der Waals surface area (Å²) in [5.74, 6) is -0.563. The van der Waals surface area contributed by atoms with Gasteiger partial charge in [-0.2, -0.15) is 0 Å². The summed E-state index contributed by atoms with van der Waals surface area (Å²) in [4.78, 5) is 10.4. The van der Waals surface area contributed by atoms with Crippen LogP contribution in [0.25, 0.3) is 0 Å². The zero-order valence-electron chi connectivity index (χ0n) is 8.00. The van der Waals surface area contributed by atoms with Crippen molar-refractivity contribution in [2.45, 2.75) is 24.6 Å². The van der Waals surface area contributed by atoms with Gasteiger partial charge >= 0.3 is 5.97 Å². The summed E-state index contributed by atoms with van der Waals surface area (Å²) in [6, 6.07) is 0. The second kappa shape index (κ2) is 8.09. The largest absolute Gasteiger partial charge is 0.462 e. The molecule has 0 saturated heterocycles. The van der Waals surface area contributed by atoms with Gasteiger partial charge in [-0.05, 0) is 12.5 Å². The van der Waals surface area contributed by atoms with Gasteiger partial charge in [0.05, 0.1) is 18.8 Å². The Balaban J connectivity index is 4.05. The van der Waals surface area contributed by atoms with Gasteiger partial charge in [0.1, 0.15) is 4.84 Å². The van der Waals surface area contributed by atoms with Crippen molar-refractivity contribution in [1.29, 1.82) is 0 Å². The summed E-state index contributed by atoms with van der Waals surface area (Å²) < 4.78 is 4.85. The fourth-order valence-electron chi connectivity index (χ4n) is 0.739. The SMILES string of the molecule is CCCCOC(=O)C(=CC(Cl)Cl)CO. The number of hydrogen-bond donors (Lipinski definition) is 1. The van der Waals surface area contributed by atoms with E-state index in [9.17, 15) is 4.79 Å². The molecule has 0 atom stereocenters. The highest BCUT2D eigenvalue weighted by Gasteiger charge is 2.10. The maximum atomic E-state index is 11.2. The van der Waals surface area contributed by atoms with Crippen LogP contribution < -0.4 is 0 Å². The predicted octanol–water partition coefficient (Wildman–Crippen LogP) is 2.05. The Morgan fingerprint density at radius 1 is 1.57 bits per heavy atom. The maximum Gasteiger partial charge on any atom is 0.336 e. The summed E-state index contributed by atoms with van der Waals surface area (Å²) in [6.45, 7) is 1.92. The molecule has 0 saturated carbocycles. The third-order valence-corrected chi connectivity index (χ3v) is 1.74. The van der Waals surface area contributed by atoms with Crippen molar-refractivity contribution in [3.8, 4) is 0 Å². The highest BCUT2D eigenvalue weighted by molar-refractivity contribution is 6.45. The predicted molar refractivity (Wildman–Crippen MR) is 56.5 cm³/mol. The van der Waals surface area contributed by atoms with Crippen molar-refractivity contribution in [1.82, 2.24) is 0 Å². The zero-order valence-corrected chi connectivity index (χ0v) is 9.51. The summed E-state index contributed by atoms with van der Waals surface area (Å²) >= 11 is 10.9. The standard InChI is InChI=1S/C9H14Cl2O3/c1-2-3-4-14-9(13)7(6-12)5-8(10)11/h5,8,12H,2-4,6H2,1H3. The van der Waals surface area contributed by atoms with Crippen LogP contribution in [0, 0.1) is 0 Å². The number of unbranched alkanes of at least 4 members (excludes halogenated alkanes) is 1. The molecule has 0 bridgehead atoms. The van der Waals surface area contributed by atoms with E-state index in [1.54, 1.807) is 0 Å². The van der Waals surface area contributed by atoms with E-state index in [1.807, 2.05) is 6.92 Å². The number of halogens is 2. The van der Waals surface area contributed by atoms with Crippen LogP contribution in [0.4, 0.5) is 0 Å². The molecule has 0 aliphatic carbocycles. The van der Waals surface area contributed by atoms with Crippen LogP contribution in [-0.2, 0) is 9.53 Å². The summed E-state index contributed by atoms with van der Waals surface area (Å²) in [7, 11) is 0. The van der Waals surface area contributed by atoms with Gasteiger partial charge in [0.15, 0.2) is 0 Å². The van der Waals surface area contributed by atoms with Crippen LogP contribution in [-0.4, -0.2) is 29.1 Å². The number of aliphatic hydroxyl groups excluding tert-OH is 1. The van der Waals surface area contributed by atoms with Gasteiger partial charge < -0.3 is 9.84 Å². The van der Waals surface area contributed by atoms with Crippen LogP contribution in [0.2, 0.25) is 0 Å². The lowest BCUT2D eigenvalue weighted by atomic mass is 10.3. The van der Waals surface area contributed by atoms with E-state index in [0.29, 0.717) is 6.61 Å². The number of alkyl halides is 2. The van der Waals surface area contributed by atoms with E-state index in [1.165, 1.54) is 6.08 Å². The Labute approximate surface area is 93.6 Å². The molecule has 0 spiro atoms. The fraction of sp³-hybridized carbons (Fsp3) is 0.667. The quantitative estimate of drug-likeness (QED) is 0.335. The number of aliphatic hydroxyl groups is 1. The molecule has 82 valence electrons. The zero-order chi connectivity index (χ0) is 11.0. The van der Waals surface area contributed by atoms with Crippen molar-refractivity contribution in [2.75, 3.05) is 13.2 Å². The molecule has 5 heteroatoms. The van der Waals surface area contributed by atoms with Gasteiger partial charge in [0.2, 0.25) is 0 Å². The first kappa shape index (κ1) is 13.8. The summed E-state index contributed by atoms with van der Waals surface area (Å²) in [5, 5.41) is 8.82. The third kappa shape index (κ3) is 6.24. The number of esters is 1. The topological polar surface area (TPSA) is 46.5 Å². The van der Waals surface area contributed by atoms with Crippen molar-refractivity contribution in [3.05, 3.63) is 11.6 Å². The summed E-state index contributed by atoms with van der Waals surface area (Å²) in [5.41, 5.74) is 0.0936. The third-order valence-electron chi connectivity index (χ3n) is 1.49. The number of carbonyl (C=O) groups is 1. The van der Waals surface area contributed by atoms with Crippen molar-refractivity contribution in [3.63, 3.8) is 0 Å². The van der Waals surface area contributed by atoms with E-state index in [-0.39, 0.29) is 5.57 Å². The van der Waals surface area contributed by atoms with Crippen LogP contribution in [0.1, 0.15) is 19.8 Å². The maximum absolute atomic E-state index is 11.2. The lowest BCUT2D eigenvalue weighted by Crippen LogP contribution is -2.12. The Kier molecular flexibility index (Phi) is 7.95. The number of allylic oxidation sites excluding steroid dienone is 1. The average Bonchev–Trinajstić information content (AvgIpc) is 2.14. The smallest absolute Gasteiger partial charge is 0.336 e. The summed E-state index contributed by atoms with van der Waals surface area (Å²) in [6.07, 6.45) is 3.01. The van der Waals surface area contributed by atoms with Gasteiger partial charge in [-0.3, -0.25) is 0 Å². The van der Waals surface area contributed by atoms with E-state index in [2.05, 4.69) is 0 Å². The number of hydrogen-bond acceptors (Lipinski definition) is 3. The van der Waals surface area contributed by atoms with Crippen molar-refractivity contribution >= 4 is 29.2 Å². The fourth-order valence-corrected chi connectivity index (χ4v) is 1.04. The molecule has 0 aromatic carbocycles. The molecule has 0 aliphatic rings. The monoisotopic (exact) mass is 240 g/mol. The Bertz CT molecular complexity index is 202. The molecule has 0 aliphatic heterocycles. The molecule has 0 aromatic rings. The molecule has 0 heterocycles. The van der Waals surface area contributed by atoms with E-state index in [0.717, 1.165) is 12.8 Å². The lowest BCUT2D eigenvalue weighted by Gasteiger charge is -2.05. The minimum Gasteiger partial charge on any atom is -0.462 e. The van der Waals surface area contributed by atoms with Gasteiger partial charge in [0, 0.05) is 0 Å². The van der Waals surface area contributed by atoms with E-state index < -0.39 is 17.4 Å². The number of carbonyl (C=O) groups excluding carboxylic acids is 1. The molecule has 0 amide bonds. The minimum absolute atomic E-state index is 0.0936. The van der Waals surface area contributed by atoms with Crippen LogP contribution in [0.15, 0.2) is 11.6 Å². The molecule has 0 radical (unpaired) electrons. The normalized spacial score (nSPS) is 11.9. The lowest BCUT2D eigenvalue weighted by molar-refractivity contribution is -0.139. The minimum atomic E-state index is -0.809. The number of ether oxygens (including phenoxy) is 1. The Hall–Kier alpha value is -0.250. The van der Waals surface area contributed by atoms with Crippen LogP contribution in [0.3, 0.4) is 0 Å². The Morgan fingerprint density at radius 2 is 2.21 bits per heavy atom.